The van der Waals surface area contributed by atoms with Gasteiger partial charge in [0.2, 0.25) is 0 Å². The van der Waals surface area contributed by atoms with Gasteiger partial charge in [-0.15, -0.1) is 0 Å². The molecule has 3 rings (SSSR count). The van der Waals surface area contributed by atoms with E-state index in [1.165, 1.54) is 0 Å². The predicted molar refractivity (Wildman–Crippen MR) is 99.3 cm³/mol. The van der Waals surface area contributed by atoms with Gasteiger partial charge in [0.05, 0.1) is 26.5 Å². The number of hydrogen-bond acceptors (Lipinski definition) is 5. The fraction of sp³-hybridized carbons (Fsp3) is 0.300. The van der Waals surface area contributed by atoms with Gasteiger partial charge in [-0.2, -0.15) is 5.10 Å². The summed E-state index contributed by atoms with van der Waals surface area (Å²) in [6.45, 7) is 5.23. The smallest absolute Gasteiger partial charge is 0.271 e. The molecule has 0 unspecified atom stereocenters. The first kappa shape index (κ1) is 17.8. The molecule has 0 atom stereocenters. The Morgan fingerprint density at radius 3 is 2.69 bits per heavy atom. The summed E-state index contributed by atoms with van der Waals surface area (Å²) in [6.07, 6.45) is 1.56. The van der Waals surface area contributed by atoms with Gasteiger partial charge in [0.25, 0.3) is 5.91 Å². The second-order valence-electron chi connectivity index (χ2n) is 6.88. The highest BCUT2D eigenvalue weighted by atomic mass is 16.5. The van der Waals surface area contributed by atoms with Gasteiger partial charge in [0.15, 0.2) is 11.5 Å². The number of carbonyl (C=O) groups excluding carboxylic acids is 1. The highest BCUT2D eigenvalue weighted by Gasteiger charge is 2.25. The topological polar surface area (TPSA) is 69.2 Å². The van der Waals surface area contributed by atoms with Crippen molar-refractivity contribution in [1.82, 2.24) is 5.43 Å². The number of ether oxygens (including phenoxy) is 3. The lowest BCUT2D eigenvalue weighted by molar-refractivity contribution is 0.0954. The van der Waals surface area contributed by atoms with E-state index in [1.54, 1.807) is 31.5 Å². The molecule has 1 amide bonds. The van der Waals surface area contributed by atoms with E-state index in [0.29, 0.717) is 30.3 Å². The molecule has 0 bridgehead atoms. The minimum absolute atomic E-state index is 0.0809. The maximum absolute atomic E-state index is 12.3. The molecular weight excluding hydrogens is 332 g/mol. The fourth-order valence-corrected chi connectivity index (χ4v) is 2.42. The van der Waals surface area contributed by atoms with Crippen LogP contribution in [0.2, 0.25) is 0 Å². The summed E-state index contributed by atoms with van der Waals surface area (Å²) < 4.78 is 16.7. The third-order valence-corrected chi connectivity index (χ3v) is 3.92. The lowest BCUT2D eigenvalue weighted by Crippen LogP contribution is -2.26. The maximum atomic E-state index is 12.3. The van der Waals surface area contributed by atoms with Crippen LogP contribution in [0, 0.1) is 5.41 Å². The van der Waals surface area contributed by atoms with Gasteiger partial charge in [-0.05, 0) is 35.9 Å². The van der Waals surface area contributed by atoms with Crippen molar-refractivity contribution in [3.05, 3.63) is 53.6 Å². The van der Waals surface area contributed by atoms with E-state index in [9.17, 15) is 4.79 Å². The van der Waals surface area contributed by atoms with Crippen LogP contribution in [0.5, 0.6) is 17.2 Å². The SMILES string of the molecule is COc1cccc(/C=N/NC(=O)c2ccc3c(c2)OCC(C)(C)CO3)c1. The first-order valence-electron chi connectivity index (χ1n) is 8.34. The number of amides is 1. The molecule has 1 aliphatic heterocycles. The van der Waals surface area contributed by atoms with Crippen molar-refractivity contribution in [2.24, 2.45) is 10.5 Å². The molecule has 0 fully saturated rings. The summed E-state index contributed by atoms with van der Waals surface area (Å²) in [5.74, 6) is 1.62. The number of hydrogen-bond donors (Lipinski definition) is 1. The van der Waals surface area contributed by atoms with Crippen LogP contribution in [0.4, 0.5) is 0 Å². The van der Waals surface area contributed by atoms with Crippen molar-refractivity contribution in [1.29, 1.82) is 0 Å². The zero-order valence-corrected chi connectivity index (χ0v) is 15.1. The Morgan fingerprint density at radius 2 is 1.92 bits per heavy atom. The van der Waals surface area contributed by atoms with Crippen LogP contribution in [-0.4, -0.2) is 32.4 Å². The second kappa shape index (κ2) is 7.47. The third kappa shape index (κ3) is 4.33. The zero-order valence-electron chi connectivity index (χ0n) is 15.1. The van der Waals surface area contributed by atoms with E-state index in [0.717, 1.165) is 11.3 Å². The Kier molecular flexibility index (Phi) is 5.11. The Labute approximate surface area is 152 Å². The number of benzene rings is 2. The minimum atomic E-state index is -0.320. The third-order valence-electron chi connectivity index (χ3n) is 3.92. The first-order valence-corrected chi connectivity index (χ1v) is 8.34. The minimum Gasteiger partial charge on any atom is -0.497 e. The van der Waals surface area contributed by atoms with E-state index >= 15 is 0 Å². The maximum Gasteiger partial charge on any atom is 0.271 e. The normalized spacial score (nSPS) is 15.3. The molecule has 6 heteroatoms. The largest absolute Gasteiger partial charge is 0.497 e. The van der Waals surface area contributed by atoms with E-state index in [2.05, 4.69) is 24.4 Å². The van der Waals surface area contributed by atoms with E-state index in [-0.39, 0.29) is 11.3 Å². The van der Waals surface area contributed by atoms with Gasteiger partial charge in [-0.1, -0.05) is 26.0 Å². The van der Waals surface area contributed by atoms with E-state index in [1.807, 2.05) is 24.3 Å². The monoisotopic (exact) mass is 354 g/mol. The molecule has 1 N–H and O–H groups in total. The quantitative estimate of drug-likeness (QED) is 0.676. The zero-order chi connectivity index (χ0) is 18.6. The van der Waals surface area contributed by atoms with Gasteiger partial charge >= 0.3 is 0 Å². The molecular formula is C20H22N2O4. The number of fused-ring (bicyclic) bond motifs is 1. The van der Waals surface area contributed by atoms with Crippen molar-refractivity contribution in [3.63, 3.8) is 0 Å². The molecule has 0 spiro atoms. The average Bonchev–Trinajstić information content (AvgIpc) is 2.80. The highest BCUT2D eigenvalue weighted by molar-refractivity contribution is 5.95. The van der Waals surface area contributed by atoms with Crippen molar-refractivity contribution >= 4 is 12.1 Å². The van der Waals surface area contributed by atoms with E-state index in [4.69, 9.17) is 14.2 Å². The van der Waals surface area contributed by atoms with Crippen LogP contribution in [-0.2, 0) is 0 Å². The molecule has 1 aliphatic rings. The number of nitrogens with zero attached hydrogens (tertiary/aromatic N) is 1. The van der Waals surface area contributed by atoms with Gasteiger partial charge < -0.3 is 14.2 Å². The summed E-state index contributed by atoms with van der Waals surface area (Å²) in [6, 6.07) is 12.5. The standard InChI is InChI=1S/C20H22N2O4/c1-20(2)12-25-17-8-7-15(10-18(17)26-13-20)19(23)22-21-11-14-5-4-6-16(9-14)24-3/h4-11H,12-13H2,1-3H3,(H,22,23)/b21-11+. The van der Waals surface area contributed by atoms with Gasteiger partial charge in [0.1, 0.15) is 5.75 Å². The summed E-state index contributed by atoms with van der Waals surface area (Å²) >= 11 is 0. The van der Waals surface area contributed by atoms with Crippen LogP contribution in [0.15, 0.2) is 47.6 Å². The van der Waals surface area contributed by atoms with Crippen molar-refractivity contribution in [3.8, 4) is 17.2 Å². The number of nitrogens with one attached hydrogen (secondary N) is 1. The number of methoxy groups -OCH3 is 1. The Hall–Kier alpha value is -3.02. The van der Waals surface area contributed by atoms with Crippen molar-refractivity contribution in [2.45, 2.75) is 13.8 Å². The lowest BCUT2D eigenvalue weighted by atomic mass is 9.97. The molecule has 0 aliphatic carbocycles. The van der Waals surface area contributed by atoms with Gasteiger partial charge in [0, 0.05) is 11.0 Å². The molecule has 0 saturated carbocycles. The van der Waals surface area contributed by atoms with Crippen LogP contribution in [0.25, 0.3) is 0 Å². The molecule has 136 valence electrons. The Morgan fingerprint density at radius 1 is 1.15 bits per heavy atom. The Balaban J connectivity index is 1.67. The first-order chi connectivity index (χ1) is 12.5. The molecule has 1 heterocycles. The van der Waals surface area contributed by atoms with Gasteiger partial charge in [-0.3, -0.25) is 4.79 Å². The molecule has 2 aromatic carbocycles. The predicted octanol–water partition coefficient (Wildman–Crippen LogP) is 3.26. The molecule has 0 saturated heterocycles. The second-order valence-corrected chi connectivity index (χ2v) is 6.88. The fourth-order valence-electron chi connectivity index (χ4n) is 2.42. The van der Waals surface area contributed by atoms with Crippen molar-refractivity contribution < 1.29 is 19.0 Å². The Bertz CT molecular complexity index is 830. The molecule has 6 nitrogen and oxygen atoms in total. The number of carbonyl (C=O) groups is 1. The number of rotatable bonds is 4. The van der Waals surface area contributed by atoms with Crippen LogP contribution in [0.1, 0.15) is 29.8 Å². The lowest BCUT2D eigenvalue weighted by Gasteiger charge is -2.19. The van der Waals surface area contributed by atoms with Gasteiger partial charge in [-0.25, -0.2) is 5.43 Å². The summed E-state index contributed by atoms with van der Waals surface area (Å²) in [7, 11) is 1.60. The van der Waals surface area contributed by atoms with Crippen molar-refractivity contribution in [2.75, 3.05) is 20.3 Å². The summed E-state index contributed by atoms with van der Waals surface area (Å²) in [4.78, 5) is 12.3. The highest BCUT2D eigenvalue weighted by Crippen LogP contribution is 2.34. The molecule has 26 heavy (non-hydrogen) atoms. The van der Waals surface area contributed by atoms with Crippen LogP contribution in [0.3, 0.4) is 0 Å². The molecule has 0 aromatic heterocycles. The average molecular weight is 354 g/mol. The molecule has 2 aromatic rings. The summed E-state index contributed by atoms with van der Waals surface area (Å²) in [5, 5.41) is 3.99. The summed E-state index contributed by atoms with van der Waals surface area (Å²) in [5.41, 5.74) is 3.71. The van der Waals surface area contributed by atoms with Crippen LogP contribution < -0.4 is 19.6 Å². The van der Waals surface area contributed by atoms with E-state index < -0.39 is 0 Å². The van der Waals surface area contributed by atoms with Crippen LogP contribution >= 0.6 is 0 Å². The number of hydrazone groups is 1. The molecule has 0 radical (unpaired) electrons.